The van der Waals surface area contributed by atoms with Crippen molar-refractivity contribution < 1.29 is 14.3 Å². The number of benzene rings is 1. The summed E-state index contributed by atoms with van der Waals surface area (Å²) < 4.78 is 10.3. The Morgan fingerprint density at radius 3 is 2.63 bits per heavy atom. The van der Waals surface area contributed by atoms with E-state index in [0.717, 1.165) is 0 Å². The Hall–Kier alpha value is -0.350. The first-order valence-electron chi connectivity index (χ1n) is 5.46. The number of hydrogen-bond donors (Lipinski definition) is 0. The van der Waals surface area contributed by atoms with Crippen molar-refractivity contribution in [1.82, 2.24) is 0 Å². The van der Waals surface area contributed by atoms with Gasteiger partial charge in [-0.25, -0.2) is 4.79 Å². The van der Waals surface area contributed by atoms with Gasteiger partial charge >= 0.3 is 5.97 Å². The summed E-state index contributed by atoms with van der Waals surface area (Å²) in [5.74, 6) is 0.0646. The van der Waals surface area contributed by atoms with E-state index >= 15 is 0 Å². The highest BCUT2D eigenvalue weighted by molar-refractivity contribution is 6.35. The molecule has 0 saturated carbocycles. The van der Waals surface area contributed by atoms with Gasteiger partial charge < -0.3 is 9.47 Å². The molecular weight excluding hydrogens is 334 g/mol. The molecule has 0 saturated heterocycles. The third kappa shape index (κ3) is 5.65. The topological polar surface area (TPSA) is 35.5 Å². The molecule has 2 unspecified atom stereocenters. The average Bonchev–Trinajstić information content (AvgIpc) is 2.32. The number of alkyl halides is 2. The van der Waals surface area contributed by atoms with E-state index in [4.69, 9.17) is 55.9 Å². The SMILES string of the molecule is CC(Oc1ccc(Cl)cc1Cl)C(=O)OC(Cl)CCCl. The second-order valence-electron chi connectivity index (χ2n) is 3.66. The van der Waals surface area contributed by atoms with Crippen LogP contribution in [0.2, 0.25) is 10.0 Å². The molecule has 0 aliphatic heterocycles. The van der Waals surface area contributed by atoms with E-state index in [0.29, 0.717) is 28.1 Å². The number of ether oxygens (including phenoxy) is 2. The first-order chi connectivity index (χ1) is 8.93. The van der Waals surface area contributed by atoms with Crippen molar-refractivity contribution in [2.75, 3.05) is 5.88 Å². The van der Waals surface area contributed by atoms with Crippen molar-refractivity contribution in [3.63, 3.8) is 0 Å². The summed E-state index contributed by atoms with van der Waals surface area (Å²) >= 11 is 22.9. The number of rotatable bonds is 6. The molecule has 3 nitrogen and oxygen atoms in total. The fraction of sp³-hybridized carbons (Fsp3) is 0.417. The Kier molecular flexibility index (Phi) is 7.08. The predicted octanol–water partition coefficient (Wildman–Crippen LogP) is 4.50. The van der Waals surface area contributed by atoms with Gasteiger partial charge in [0.15, 0.2) is 11.7 Å². The van der Waals surface area contributed by atoms with Crippen molar-refractivity contribution in [2.24, 2.45) is 0 Å². The summed E-state index contributed by atoms with van der Waals surface area (Å²) in [6, 6.07) is 4.71. The Morgan fingerprint density at radius 2 is 2.05 bits per heavy atom. The van der Waals surface area contributed by atoms with Crippen molar-refractivity contribution in [3.05, 3.63) is 28.2 Å². The van der Waals surface area contributed by atoms with Crippen LogP contribution in [0.4, 0.5) is 0 Å². The number of carbonyl (C=O) groups excluding carboxylic acids is 1. The number of halogens is 4. The maximum Gasteiger partial charge on any atom is 0.348 e. The maximum absolute atomic E-state index is 11.7. The Balaban J connectivity index is 2.58. The van der Waals surface area contributed by atoms with E-state index in [1.165, 1.54) is 13.0 Å². The summed E-state index contributed by atoms with van der Waals surface area (Å²) in [4.78, 5) is 11.7. The zero-order valence-electron chi connectivity index (χ0n) is 10.0. The number of esters is 1. The third-order valence-corrected chi connectivity index (χ3v) is 3.17. The lowest BCUT2D eigenvalue weighted by Crippen LogP contribution is -2.28. The molecule has 0 heterocycles. The highest BCUT2D eigenvalue weighted by Crippen LogP contribution is 2.28. The third-order valence-electron chi connectivity index (χ3n) is 2.11. The molecule has 1 rings (SSSR count). The van der Waals surface area contributed by atoms with Gasteiger partial charge in [0.05, 0.1) is 5.02 Å². The van der Waals surface area contributed by atoms with Crippen LogP contribution in [0.25, 0.3) is 0 Å². The van der Waals surface area contributed by atoms with Crippen LogP contribution in [0.3, 0.4) is 0 Å². The fourth-order valence-corrected chi connectivity index (χ4v) is 2.14. The lowest BCUT2D eigenvalue weighted by atomic mass is 10.3. The Labute approximate surface area is 131 Å². The van der Waals surface area contributed by atoms with Gasteiger partial charge in [-0.3, -0.25) is 0 Å². The highest BCUT2D eigenvalue weighted by Gasteiger charge is 2.20. The zero-order valence-corrected chi connectivity index (χ0v) is 13.1. The molecule has 0 spiro atoms. The average molecular weight is 346 g/mol. The van der Waals surface area contributed by atoms with E-state index in [2.05, 4.69) is 0 Å². The Bertz CT molecular complexity index is 439. The molecule has 1 aromatic carbocycles. The number of carbonyl (C=O) groups is 1. The van der Waals surface area contributed by atoms with Gasteiger partial charge in [-0.15, -0.1) is 11.6 Å². The predicted molar refractivity (Wildman–Crippen MR) is 77.6 cm³/mol. The summed E-state index contributed by atoms with van der Waals surface area (Å²) in [6.45, 7) is 1.54. The van der Waals surface area contributed by atoms with Gasteiger partial charge in [0, 0.05) is 17.3 Å². The summed E-state index contributed by atoms with van der Waals surface area (Å²) in [5, 5.41) is 0.797. The van der Waals surface area contributed by atoms with E-state index in [-0.39, 0.29) is 0 Å². The summed E-state index contributed by atoms with van der Waals surface area (Å²) in [5.41, 5.74) is -0.767. The molecule has 0 radical (unpaired) electrons. The molecule has 2 atom stereocenters. The van der Waals surface area contributed by atoms with Crippen LogP contribution < -0.4 is 4.74 Å². The minimum absolute atomic E-state index is 0.305. The van der Waals surface area contributed by atoms with Crippen LogP contribution in [0.5, 0.6) is 5.75 Å². The number of hydrogen-bond acceptors (Lipinski definition) is 3. The van der Waals surface area contributed by atoms with Crippen LogP contribution in [-0.4, -0.2) is 23.5 Å². The molecule has 1 aromatic rings. The first kappa shape index (κ1) is 16.7. The van der Waals surface area contributed by atoms with Crippen molar-refractivity contribution in [2.45, 2.75) is 25.0 Å². The molecule has 7 heteroatoms. The quantitative estimate of drug-likeness (QED) is 0.562. The fourth-order valence-electron chi connectivity index (χ4n) is 1.18. The molecule has 0 amide bonds. The van der Waals surface area contributed by atoms with Gasteiger partial charge in [0.25, 0.3) is 0 Å². The minimum atomic E-state index is -0.838. The van der Waals surface area contributed by atoms with Crippen molar-refractivity contribution >= 4 is 52.4 Å². The van der Waals surface area contributed by atoms with Crippen LogP contribution in [-0.2, 0) is 9.53 Å². The molecule has 0 aliphatic carbocycles. The van der Waals surface area contributed by atoms with E-state index < -0.39 is 17.6 Å². The zero-order chi connectivity index (χ0) is 14.4. The van der Waals surface area contributed by atoms with Gasteiger partial charge in [0.1, 0.15) is 5.75 Å². The summed E-state index contributed by atoms with van der Waals surface area (Å²) in [6.07, 6.45) is -0.473. The van der Waals surface area contributed by atoms with E-state index in [1.54, 1.807) is 12.1 Å². The van der Waals surface area contributed by atoms with Crippen LogP contribution in [0.15, 0.2) is 18.2 Å². The first-order valence-corrected chi connectivity index (χ1v) is 7.19. The van der Waals surface area contributed by atoms with Crippen molar-refractivity contribution in [3.8, 4) is 5.75 Å². The standard InChI is InChI=1S/C12H12Cl4O3/c1-7(12(17)19-11(16)4-5-13)18-10-3-2-8(14)6-9(10)15/h2-3,6-7,11H,4-5H2,1H3. The minimum Gasteiger partial charge on any atom is -0.477 e. The van der Waals surface area contributed by atoms with Gasteiger partial charge in [-0.2, -0.15) is 0 Å². The van der Waals surface area contributed by atoms with Crippen LogP contribution >= 0.6 is 46.4 Å². The summed E-state index contributed by atoms with van der Waals surface area (Å²) in [7, 11) is 0. The van der Waals surface area contributed by atoms with Crippen LogP contribution in [0.1, 0.15) is 13.3 Å². The molecule has 0 aliphatic rings. The smallest absolute Gasteiger partial charge is 0.348 e. The molecule has 19 heavy (non-hydrogen) atoms. The van der Waals surface area contributed by atoms with E-state index in [9.17, 15) is 4.79 Å². The normalized spacial score (nSPS) is 13.7. The monoisotopic (exact) mass is 344 g/mol. The molecule has 106 valence electrons. The van der Waals surface area contributed by atoms with Crippen molar-refractivity contribution in [1.29, 1.82) is 0 Å². The van der Waals surface area contributed by atoms with Gasteiger partial charge in [-0.1, -0.05) is 34.8 Å². The molecule has 0 aromatic heterocycles. The Morgan fingerprint density at radius 1 is 1.37 bits per heavy atom. The highest BCUT2D eigenvalue weighted by atomic mass is 35.5. The molecule has 0 bridgehead atoms. The molecule has 0 fully saturated rings. The van der Waals surface area contributed by atoms with Crippen LogP contribution in [0, 0.1) is 0 Å². The lowest BCUT2D eigenvalue weighted by Gasteiger charge is -2.17. The maximum atomic E-state index is 11.7. The van der Waals surface area contributed by atoms with Gasteiger partial charge in [0.2, 0.25) is 0 Å². The van der Waals surface area contributed by atoms with E-state index in [1.807, 2.05) is 0 Å². The van der Waals surface area contributed by atoms with Gasteiger partial charge in [-0.05, 0) is 25.1 Å². The lowest BCUT2D eigenvalue weighted by molar-refractivity contribution is -0.153. The second kappa shape index (κ2) is 8.05. The molecule has 0 N–H and O–H groups in total. The second-order valence-corrected chi connectivity index (χ2v) is 5.37. The molecular formula is C12H12Cl4O3. The largest absolute Gasteiger partial charge is 0.477 e.